The van der Waals surface area contributed by atoms with Crippen LogP contribution in [0.25, 0.3) is 0 Å². The van der Waals surface area contributed by atoms with Gasteiger partial charge in [0.2, 0.25) is 5.95 Å². The molecule has 2 aliphatic heterocycles. The number of likely N-dealkylation sites (tertiary alicyclic amines) is 1. The molecule has 0 radical (unpaired) electrons. The first-order valence-corrected chi connectivity index (χ1v) is 8.83. The summed E-state index contributed by atoms with van der Waals surface area (Å²) in [7, 11) is 0. The van der Waals surface area contributed by atoms with Gasteiger partial charge >= 0.3 is 0 Å². The molecule has 0 aromatic carbocycles. The predicted octanol–water partition coefficient (Wildman–Crippen LogP) is 1.28. The first kappa shape index (κ1) is 15.5. The lowest BCUT2D eigenvalue weighted by atomic mass is 10.1. The Labute approximate surface area is 144 Å². The summed E-state index contributed by atoms with van der Waals surface area (Å²) < 4.78 is 5.90. The Balaban J connectivity index is 1.56. The van der Waals surface area contributed by atoms with Gasteiger partial charge in [-0.25, -0.2) is 15.0 Å². The van der Waals surface area contributed by atoms with E-state index in [1.54, 1.807) is 18.5 Å². The summed E-state index contributed by atoms with van der Waals surface area (Å²) in [5.41, 5.74) is 0.807. The average molecular weight is 345 g/mol. The van der Waals surface area contributed by atoms with Crippen molar-refractivity contribution in [3.63, 3.8) is 0 Å². The summed E-state index contributed by atoms with van der Waals surface area (Å²) in [4.78, 5) is 30.7. The second-order valence-corrected chi connectivity index (χ2v) is 7.28. The highest BCUT2D eigenvalue weighted by atomic mass is 32.1. The molecular weight excluding hydrogens is 326 g/mol. The van der Waals surface area contributed by atoms with Crippen LogP contribution in [0.3, 0.4) is 0 Å². The lowest BCUT2D eigenvalue weighted by Gasteiger charge is -2.36. The van der Waals surface area contributed by atoms with Crippen molar-refractivity contribution in [2.45, 2.75) is 26.0 Å². The van der Waals surface area contributed by atoms with Crippen molar-refractivity contribution in [2.24, 2.45) is 0 Å². The second-order valence-electron chi connectivity index (χ2n) is 6.08. The van der Waals surface area contributed by atoms with Crippen LogP contribution in [0.5, 0.6) is 0 Å². The molecule has 7 nitrogen and oxygen atoms in total. The first-order chi connectivity index (χ1) is 11.6. The van der Waals surface area contributed by atoms with Crippen molar-refractivity contribution in [3.05, 3.63) is 34.0 Å². The molecule has 2 fully saturated rings. The minimum Gasteiger partial charge on any atom is -0.372 e. The van der Waals surface area contributed by atoms with Gasteiger partial charge in [0.15, 0.2) is 0 Å². The molecule has 2 aromatic heterocycles. The summed E-state index contributed by atoms with van der Waals surface area (Å²) >= 11 is 1.46. The Bertz CT molecular complexity index is 750. The van der Waals surface area contributed by atoms with Crippen LogP contribution in [0.4, 0.5) is 5.95 Å². The minimum atomic E-state index is 0.000769. The number of amides is 1. The molecule has 2 atom stereocenters. The van der Waals surface area contributed by atoms with Crippen molar-refractivity contribution in [3.8, 4) is 0 Å². The Hall–Kier alpha value is -2.06. The number of thiazole rings is 1. The highest BCUT2D eigenvalue weighted by Crippen LogP contribution is 2.28. The zero-order chi connectivity index (χ0) is 16.7. The van der Waals surface area contributed by atoms with E-state index in [4.69, 9.17) is 4.74 Å². The third-order valence-electron chi connectivity index (χ3n) is 4.50. The van der Waals surface area contributed by atoms with Crippen LogP contribution in [0, 0.1) is 13.8 Å². The molecule has 4 heterocycles. The number of hydrogen-bond donors (Lipinski definition) is 0. The molecule has 2 aromatic rings. The molecule has 2 aliphatic rings. The van der Waals surface area contributed by atoms with E-state index in [1.165, 1.54) is 11.3 Å². The van der Waals surface area contributed by atoms with Gasteiger partial charge in [-0.1, -0.05) is 0 Å². The number of hydrogen-bond acceptors (Lipinski definition) is 7. The third-order valence-corrected chi connectivity index (χ3v) is 5.56. The van der Waals surface area contributed by atoms with E-state index in [1.807, 2.05) is 18.7 Å². The molecule has 126 valence electrons. The molecule has 2 saturated heterocycles. The number of ether oxygens (including phenoxy) is 1. The topological polar surface area (TPSA) is 71.5 Å². The Morgan fingerprint density at radius 2 is 2.08 bits per heavy atom. The van der Waals surface area contributed by atoms with Gasteiger partial charge < -0.3 is 14.5 Å². The van der Waals surface area contributed by atoms with Gasteiger partial charge in [0.05, 0.1) is 29.5 Å². The molecule has 0 N–H and O–H groups in total. The molecule has 0 bridgehead atoms. The van der Waals surface area contributed by atoms with Crippen LogP contribution in [0.2, 0.25) is 0 Å². The normalized spacial score (nSPS) is 23.4. The van der Waals surface area contributed by atoms with Crippen LogP contribution in [0.1, 0.15) is 20.4 Å². The van der Waals surface area contributed by atoms with E-state index >= 15 is 0 Å². The van der Waals surface area contributed by atoms with Crippen molar-refractivity contribution >= 4 is 23.2 Å². The number of carbonyl (C=O) groups is 1. The fraction of sp³-hybridized carbons (Fsp3) is 0.500. The maximum atomic E-state index is 12.9. The molecule has 0 saturated carbocycles. The zero-order valence-corrected chi connectivity index (χ0v) is 14.5. The van der Waals surface area contributed by atoms with Gasteiger partial charge in [-0.3, -0.25) is 4.79 Å². The summed E-state index contributed by atoms with van der Waals surface area (Å²) in [6.07, 6.45) is 3.49. The molecular formula is C16H19N5O2S. The van der Waals surface area contributed by atoms with Gasteiger partial charge in [-0.2, -0.15) is 0 Å². The maximum absolute atomic E-state index is 12.9. The van der Waals surface area contributed by atoms with Crippen LogP contribution in [0.15, 0.2) is 18.5 Å². The lowest BCUT2D eigenvalue weighted by molar-refractivity contribution is 0.0297. The van der Waals surface area contributed by atoms with Gasteiger partial charge in [0.1, 0.15) is 4.88 Å². The van der Waals surface area contributed by atoms with E-state index in [9.17, 15) is 4.79 Å². The van der Waals surface area contributed by atoms with E-state index in [0.717, 1.165) is 22.1 Å². The smallest absolute Gasteiger partial charge is 0.266 e. The van der Waals surface area contributed by atoms with E-state index < -0.39 is 0 Å². The molecule has 0 unspecified atom stereocenters. The second kappa shape index (κ2) is 6.10. The lowest BCUT2D eigenvalue weighted by Crippen LogP contribution is -2.51. The SMILES string of the molecule is Cc1nc(C)c(C(=O)N2C[C@@H]3OCCN(c4ncccn4)[C@H]3C2)s1. The largest absolute Gasteiger partial charge is 0.372 e. The monoisotopic (exact) mass is 345 g/mol. The fourth-order valence-electron chi connectivity index (χ4n) is 3.42. The maximum Gasteiger partial charge on any atom is 0.266 e. The third kappa shape index (κ3) is 2.65. The zero-order valence-electron chi connectivity index (χ0n) is 13.7. The molecule has 0 aliphatic carbocycles. The Kier molecular flexibility index (Phi) is 3.93. The van der Waals surface area contributed by atoms with Gasteiger partial charge in [-0.05, 0) is 19.9 Å². The molecule has 0 spiro atoms. The molecule has 1 amide bonds. The number of aromatic nitrogens is 3. The number of aryl methyl sites for hydroxylation is 2. The van der Waals surface area contributed by atoms with Crippen LogP contribution < -0.4 is 4.90 Å². The number of fused-ring (bicyclic) bond motifs is 1. The first-order valence-electron chi connectivity index (χ1n) is 8.02. The highest BCUT2D eigenvalue weighted by molar-refractivity contribution is 7.13. The summed E-state index contributed by atoms with van der Waals surface area (Å²) in [5.74, 6) is 0.750. The van der Waals surface area contributed by atoms with Crippen LogP contribution >= 0.6 is 11.3 Å². The number of morpholine rings is 1. The van der Waals surface area contributed by atoms with Crippen LogP contribution in [-0.2, 0) is 4.74 Å². The minimum absolute atomic E-state index is 0.000769. The van der Waals surface area contributed by atoms with E-state index in [0.29, 0.717) is 25.6 Å². The van der Waals surface area contributed by atoms with Crippen molar-refractivity contribution in [2.75, 3.05) is 31.1 Å². The number of nitrogens with zero attached hydrogens (tertiary/aromatic N) is 5. The Morgan fingerprint density at radius 3 is 2.79 bits per heavy atom. The Morgan fingerprint density at radius 1 is 1.29 bits per heavy atom. The highest BCUT2D eigenvalue weighted by Gasteiger charge is 2.43. The van der Waals surface area contributed by atoms with Crippen molar-refractivity contribution in [1.29, 1.82) is 0 Å². The predicted molar refractivity (Wildman–Crippen MR) is 90.4 cm³/mol. The number of anilines is 1. The van der Waals surface area contributed by atoms with Crippen molar-refractivity contribution < 1.29 is 9.53 Å². The van der Waals surface area contributed by atoms with E-state index in [-0.39, 0.29) is 18.1 Å². The number of rotatable bonds is 2. The van der Waals surface area contributed by atoms with Gasteiger partial charge in [0.25, 0.3) is 5.91 Å². The standard InChI is InChI=1S/C16H19N5O2S/c1-10-14(24-11(2)19-10)15(22)20-8-12-13(9-20)23-7-6-21(12)16-17-4-3-5-18-16/h3-5,12-13H,6-9H2,1-2H3/t12-,13-/m0/s1. The summed E-state index contributed by atoms with van der Waals surface area (Å²) in [6, 6.07) is 1.90. The fourth-order valence-corrected chi connectivity index (χ4v) is 4.30. The summed E-state index contributed by atoms with van der Waals surface area (Å²) in [6.45, 7) is 6.41. The summed E-state index contributed by atoms with van der Waals surface area (Å²) in [5, 5.41) is 0.919. The quantitative estimate of drug-likeness (QED) is 0.816. The van der Waals surface area contributed by atoms with Gasteiger partial charge in [0, 0.05) is 32.0 Å². The molecule has 8 heteroatoms. The van der Waals surface area contributed by atoms with Crippen molar-refractivity contribution in [1.82, 2.24) is 19.9 Å². The van der Waals surface area contributed by atoms with Gasteiger partial charge in [-0.15, -0.1) is 11.3 Å². The number of carbonyl (C=O) groups excluding carboxylic acids is 1. The molecule has 24 heavy (non-hydrogen) atoms. The van der Waals surface area contributed by atoms with E-state index in [2.05, 4.69) is 19.9 Å². The molecule has 4 rings (SSSR count). The average Bonchev–Trinajstić information content (AvgIpc) is 3.17. The van der Waals surface area contributed by atoms with Crippen LogP contribution in [-0.4, -0.2) is 64.1 Å².